The monoisotopic (exact) mass is 444 g/mol. The fraction of sp³-hybridized carbons (Fsp3) is 0.400. The van der Waals surface area contributed by atoms with Crippen LogP contribution in [0.2, 0.25) is 0 Å². The van der Waals surface area contributed by atoms with Crippen LogP contribution in [0.15, 0.2) is 47.4 Å². The standard InChI is InChI=1S/C20H23F3N2O4S/c1-28-18-7-6-15(12-19(18)29-2)14-24-8-10-25(11-9-24)30(26,27)17-5-3-4-16(13-17)20(21,22)23/h3-7,12-13H,8-11,14H2,1-2H3. The molecular weight excluding hydrogens is 421 g/mol. The maximum Gasteiger partial charge on any atom is 0.416 e. The summed E-state index contributed by atoms with van der Waals surface area (Å²) in [6.45, 7) is 1.93. The Morgan fingerprint density at radius 1 is 0.933 bits per heavy atom. The van der Waals surface area contributed by atoms with Crippen LogP contribution in [0, 0.1) is 0 Å². The fourth-order valence-electron chi connectivity index (χ4n) is 3.35. The van der Waals surface area contributed by atoms with Crippen LogP contribution < -0.4 is 9.47 Å². The first-order valence-electron chi connectivity index (χ1n) is 9.26. The molecule has 0 aliphatic carbocycles. The van der Waals surface area contributed by atoms with Crippen molar-refractivity contribution in [2.75, 3.05) is 40.4 Å². The molecule has 2 aromatic carbocycles. The molecule has 3 rings (SSSR count). The molecule has 0 spiro atoms. The van der Waals surface area contributed by atoms with E-state index in [4.69, 9.17) is 9.47 Å². The second kappa shape index (κ2) is 8.83. The normalized spacial score (nSPS) is 16.4. The van der Waals surface area contributed by atoms with Crippen LogP contribution in [-0.2, 0) is 22.7 Å². The lowest BCUT2D eigenvalue weighted by atomic mass is 10.1. The van der Waals surface area contributed by atoms with Gasteiger partial charge in [-0.05, 0) is 35.9 Å². The molecule has 0 amide bonds. The van der Waals surface area contributed by atoms with E-state index >= 15 is 0 Å². The van der Waals surface area contributed by atoms with Crippen LogP contribution in [0.25, 0.3) is 0 Å². The van der Waals surface area contributed by atoms with Crippen LogP contribution in [-0.4, -0.2) is 58.0 Å². The van der Waals surface area contributed by atoms with Crippen molar-refractivity contribution in [2.24, 2.45) is 0 Å². The number of benzene rings is 2. The van der Waals surface area contributed by atoms with Crippen molar-refractivity contribution in [2.45, 2.75) is 17.6 Å². The molecule has 10 heteroatoms. The molecule has 1 aliphatic rings. The molecule has 1 saturated heterocycles. The quantitative estimate of drug-likeness (QED) is 0.685. The van der Waals surface area contributed by atoms with E-state index in [2.05, 4.69) is 4.90 Å². The highest BCUT2D eigenvalue weighted by molar-refractivity contribution is 7.89. The molecule has 1 aliphatic heterocycles. The van der Waals surface area contributed by atoms with Crippen molar-refractivity contribution in [1.29, 1.82) is 0 Å². The summed E-state index contributed by atoms with van der Waals surface area (Å²) in [4.78, 5) is 1.74. The third kappa shape index (κ3) is 4.88. The van der Waals surface area contributed by atoms with Crippen molar-refractivity contribution in [3.8, 4) is 11.5 Å². The van der Waals surface area contributed by atoms with Crippen molar-refractivity contribution >= 4 is 10.0 Å². The number of methoxy groups -OCH3 is 2. The summed E-state index contributed by atoms with van der Waals surface area (Å²) >= 11 is 0. The summed E-state index contributed by atoms with van der Waals surface area (Å²) in [6.07, 6.45) is -4.59. The SMILES string of the molecule is COc1ccc(CN2CCN(S(=O)(=O)c3cccc(C(F)(F)F)c3)CC2)cc1OC. The van der Waals surface area contributed by atoms with Gasteiger partial charge in [0.2, 0.25) is 10.0 Å². The highest BCUT2D eigenvalue weighted by atomic mass is 32.2. The number of alkyl halides is 3. The average Bonchev–Trinajstić information content (AvgIpc) is 2.73. The Bertz CT molecular complexity index is 988. The van der Waals surface area contributed by atoms with E-state index in [1.165, 1.54) is 10.4 Å². The Morgan fingerprint density at radius 3 is 2.20 bits per heavy atom. The smallest absolute Gasteiger partial charge is 0.416 e. The molecule has 0 N–H and O–H groups in total. The summed E-state index contributed by atoms with van der Waals surface area (Å²) in [5, 5.41) is 0. The largest absolute Gasteiger partial charge is 0.493 e. The molecule has 0 aromatic heterocycles. The van der Waals surface area contributed by atoms with E-state index in [1.807, 2.05) is 18.2 Å². The Morgan fingerprint density at radius 2 is 1.60 bits per heavy atom. The zero-order valence-corrected chi connectivity index (χ0v) is 17.5. The molecule has 6 nitrogen and oxygen atoms in total. The third-order valence-electron chi connectivity index (χ3n) is 4.98. The molecule has 0 bridgehead atoms. The predicted octanol–water partition coefficient (Wildman–Crippen LogP) is 3.23. The lowest BCUT2D eigenvalue weighted by molar-refractivity contribution is -0.137. The van der Waals surface area contributed by atoms with Gasteiger partial charge in [0.05, 0.1) is 24.7 Å². The number of sulfonamides is 1. The predicted molar refractivity (Wildman–Crippen MR) is 105 cm³/mol. The topological polar surface area (TPSA) is 59.1 Å². The number of ether oxygens (including phenoxy) is 2. The minimum absolute atomic E-state index is 0.200. The number of piperazine rings is 1. The van der Waals surface area contributed by atoms with E-state index in [9.17, 15) is 21.6 Å². The maximum atomic E-state index is 12.9. The van der Waals surface area contributed by atoms with Crippen molar-refractivity contribution < 1.29 is 31.1 Å². The molecule has 0 atom stereocenters. The van der Waals surface area contributed by atoms with Gasteiger partial charge in [-0.15, -0.1) is 0 Å². The molecule has 1 fully saturated rings. The van der Waals surface area contributed by atoms with Gasteiger partial charge in [0, 0.05) is 32.7 Å². The Hall–Kier alpha value is -2.30. The molecule has 2 aromatic rings. The van der Waals surface area contributed by atoms with E-state index < -0.39 is 21.8 Å². The first-order chi connectivity index (χ1) is 14.1. The van der Waals surface area contributed by atoms with Crippen molar-refractivity contribution in [3.63, 3.8) is 0 Å². The van der Waals surface area contributed by atoms with Crippen molar-refractivity contribution in [1.82, 2.24) is 9.21 Å². The molecule has 0 radical (unpaired) electrons. The summed E-state index contributed by atoms with van der Waals surface area (Å²) in [5.41, 5.74) is 0.0116. The van der Waals surface area contributed by atoms with Crippen LogP contribution >= 0.6 is 0 Å². The van der Waals surface area contributed by atoms with Crippen LogP contribution in [0.5, 0.6) is 11.5 Å². The maximum absolute atomic E-state index is 12.9. The van der Waals surface area contributed by atoms with Gasteiger partial charge in [-0.2, -0.15) is 17.5 Å². The van der Waals surface area contributed by atoms with Gasteiger partial charge in [-0.25, -0.2) is 8.42 Å². The fourth-order valence-corrected chi connectivity index (χ4v) is 4.82. The van der Waals surface area contributed by atoms with Gasteiger partial charge in [-0.1, -0.05) is 12.1 Å². The molecule has 30 heavy (non-hydrogen) atoms. The average molecular weight is 444 g/mol. The highest BCUT2D eigenvalue weighted by Gasteiger charge is 2.34. The number of halogens is 3. The van der Waals surface area contributed by atoms with E-state index in [0.717, 1.165) is 17.7 Å². The third-order valence-corrected chi connectivity index (χ3v) is 6.88. The van der Waals surface area contributed by atoms with Gasteiger partial charge >= 0.3 is 6.18 Å². The van der Waals surface area contributed by atoms with Crippen molar-refractivity contribution in [3.05, 3.63) is 53.6 Å². The van der Waals surface area contributed by atoms with Gasteiger partial charge in [0.1, 0.15) is 0 Å². The van der Waals surface area contributed by atoms with E-state index in [0.29, 0.717) is 37.2 Å². The van der Waals surface area contributed by atoms with E-state index in [-0.39, 0.29) is 18.0 Å². The zero-order valence-electron chi connectivity index (χ0n) is 16.6. The first-order valence-corrected chi connectivity index (χ1v) is 10.7. The number of hydrogen-bond acceptors (Lipinski definition) is 5. The zero-order chi connectivity index (χ0) is 21.9. The number of rotatable bonds is 6. The lowest BCUT2D eigenvalue weighted by Gasteiger charge is -2.34. The van der Waals surface area contributed by atoms with Gasteiger partial charge < -0.3 is 9.47 Å². The molecule has 164 valence electrons. The summed E-state index contributed by atoms with van der Waals surface area (Å²) in [6, 6.07) is 9.44. The Balaban J connectivity index is 1.66. The van der Waals surface area contributed by atoms with Crippen LogP contribution in [0.1, 0.15) is 11.1 Å². The lowest BCUT2D eigenvalue weighted by Crippen LogP contribution is -2.48. The second-order valence-electron chi connectivity index (χ2n) is 6.90. The number of hydrogen-bond donors (Lipinski definition) is 0. The van der Waals surface area contributed by atoms with Gasteiger partial charge in [0.25, 0.3) is 0 Å². The number of nitrogens with zero attached hydrogens (tertiary/aromatic N) is 2. The Kier molecular flexibility index (Phi) is 6.59. The van der Waals surface area contributed by atoms with Gasteiger partial charge in [0.15, 0.2) is 11.5 Å². The summed E-state index contributed by atoms with van der Waals surface area (Å²) in [7, 11) is -0.879. The minimum atomic E-state index is -4.59. The van der Waals surface area contributed by atoms with Crippen LogP contribution in [0.4, 0.5) is 13.2 Å². The van der Waals surface area contributed by atoms with Gasteiger partial charge in [-0.3, -0.25) is 4.90 Å². The highest BCUT2D eigenvalue weighted by Crippen LogP contribution is 2.31. The summed E-state index contributed by atoms with van der Waals surface area (Å²) in [5.74, 6) is 1.24. The first kappa shape index (κ1) is 22.4. The summed E-state index contributed by atoms with van der Waals surface area (Å²) < 4.78 is 76.1. The molecule has 0 saturated carbocycles. The molecule has 0 unspecified atom stereocenters. The second-order valence-corrected chi connectivity index (χ2v) is 8.83. The van der Waals surface area contributed by atoms with Crippen LogP contribution in [0.3, 0.4) is 0 Å². The minimum Gasteiger partial charge on any atom is -0.493 e. The Labute approximate surface area is 173 Å². The molecular formula is C20H23F3N2O4S. The van der Waals surface area contributed by atoms with E-state index in [1.54, 1.807) is 14.2 Å². The molecule has 1 heterocycles.